The Morgan fingerprint density at radius 3 is 3.00 bits per heavy atom. The first kappa shape index (κ1) is 19.7. The van der Waals surface area contributed by atoms with Gasteiger partial charge in [-0.15, -0.1) is 0 Å². The normalized spacial score (nSPS) is 19.7. The molecule has 2 aromatic carbocycles. The number of hydrazone groups is 1. The van der Waals surface area contributed by atoms with Gasteiger partial charge in [-0.05, 0) is 47.9 Å². The average molecular weight is 422 g/mol. The number of aromatic nitrogens is 2. The standard InChI is InChI=1S/C23H26N4O4/c1-29-18-3-4-20-15(8-18)7-16(13-31-20)23-26-19-9-14(17-11-24-25-12-17)10-21(22(19)27-23)30-6-2-5-28/h3-4,8-11,16-17,25,28H,2,5-7,12-13H2,1H3,(H,26,27). The van der Waals surface area contributed by atoms with Crippen molar-refractivity contribution in [1.82, 2.24) is 15.4 Å². The molecule has 3 heterocycles. The van der Waals surface area contributed by atoms with Crippen molar-refractivity contribution in [1.29, 1.82) is 0 Å². The molecule has 2 aliphatic heterocycles. The zero-order chi connectivity index (χ0) is 21.2. The summed E-state index contributed by atoms with van der Waals surface area (Å²) in [6.45, 7) is 1.86. The van der Waals surface area contributed by atoms with Gasteiger partial charge in [-0.3, -0.25) is 0 Å². The number of fused-ring (bicyclic) bond motifs is 2. The highest BCUT2D eigenvalue weighted by atomic mass is 16.5. The van der Waals surface area contributed by atoms with Gasteiger partial charge < -0.3 is 29.7 Å². The summed E-state index contributed by atoms with van der Waals surface area (Å²) in [5.41, 5.74) is 6.96. The van der Waals surface area contributed by atoms with E-state index in [1.54, 1.807) is 7.11 Å². The van der Waals surface area contributed by atoms with Crippen molar-refractivity contribution in [3.63, 3.8) is 0 Å². The minimum Gasteiger partial charge on any atom is -0.497 e. The van der Waals surface area contributed by atoms with Crippen molar-refractivity contribution < 1.29 is 19.3 Å². The highest BCUT2D eigenvalue weighted by Crippen LogP contribution is 2.36. The second-order valence-electron chi connectivity index (χ2n) is 7.89. The number of nitrogens with zero attached hydrogens (tertiary/aromatic N) is 2. The zero-order valence-corrected chi connectivity index (χ0v) is 17.4. The molecule has 0 bridgehead atoms. The largest absolute Gasteiger partial charge is 0.497 e. The molecular weight excluding hydrogens is 396 g/mol. The summed E-state index contributed by atoms with van der Waals surface area (Å²) in [6.07, 6.45) is 3.30. The van der Waals surface area contributed by atoms with Crippen LogP contribution < -0.4 is 19.6 Å². The third-order valence-electron chi connectivity index (χ3n) is 5.80. The van der Waals surface area contributed by atoms with Crippen LogP contribution in [-0.2, 0) is 6.42 Å². The Labute approximate surface area is 180 Å². The Kier molecular flexibility index (Phi) is 5.38. The van der Waals surface area contributed by atoms with E-state index in [1.807, 2.05) is 30.5 Å². The molecule has 2 unspecified atom stereocenters. The number of hydrogen-bond acceptors (Lipinski definition) is 7. The molecule has 3 N–H and O–H groups in total. The van der Waals surface area contributed by atoms with E-state index < -0.39 is 0 Å². The molecule has 0 amide bonds. The third-order valence-corrected chi connectivity index (χ3v) is 5.80. The SMILES string of the molecule is COc1ccc2c(c1)CC(c1nc3cc(C4C=NNC4)cc(OCCCO)c3[nH]1)CO2. The van der Waals surface area contributed by atoms with Gasteiger partial charge in [-0.25, -0.2) is 4.98 Å². The molecule has 0 radical (unpaired) electrons. The lowest BCUT2D eigenvalue weighted by Gasteiger charge is -2.24. The van der Waals surface area contributed by atoms with Crippen molar-refractivity contribution in [2.45, 2.75) is 24.7 Å². The second-order valence-corrected chi connectivity index (χ2v) is 7.89. The van der Waals surface area contributed by atoms with Crippen molar-refractivity contribution in [2.24, 2.45) is 5.10 Å². The molecule has 8 heteroatoms. The summed E-state index contributed by atoms with van der Waals surface area (Å²) >= 11 is 0. The van der Waals surface area contributed by atoms with Gasteiger partial charge in [-0.1, -0.05) is 0 Å². The van der Waals surface area contributed by atoms with Crippen LogP contribution in [0.25, 0.3) is 11.0 Å². The predicted octanol–water partition coefficient (Wildman–Crippen LogP) is 2.72. The number of rotatable bonds is 7. The van der Waals surface area contributed by atoms with Crippen LogP contribution in [0.1, 0.15) is 35.2 Å². The fraction of sp³-hybridized carbons (Fsp3) is 0.391. The minimum absolute atomic E-state index is 0.0958. The van der Waals surface area contributed by atoms with Crippen molar-refractivity contribution in [3.8, 4) is 17.2 Å². The molecule has 0 saturated heterocycles. The number of hydrogen-bond donors (Lipinski definition) is 3. The van der Waals surface area contributed by atoms with Gasteiger partial charge in [0.2, 0.25) is 0 Å². The number of nitrogens with one attached hydrogen (secondary N) is 2. The van der Waals surface area contributed by atoms with E-state index in [0.29, 0.717) is 19.6 Å². The number of aromatic amines is 1. The molecule has 162 valence electrons. The van der Waals surface area contributed by atoms with E-state index in [0.717, 1.165) is 58.2 Å². The van der Waals surface area contributed by atoms with Crippen LogP contribution in [0.4, 0.5) is 0 Å². The maximum absolute atomic E-state index is 9.13. The number of ether oxygens (including phenoxy) is 3. The highest BCUT2D eigenvalue weighted by molar-refractivity contribution is 5.85. The van der Waals surface area contributed by atoms with E-state index in [9.17, 15) is 0 Å². The molecule has 2 atom stereocenters. The van der Waals surface area contributed by atoms with Crippen molar-refractivity contribution in [2.75, 3.05) is 33.5 Å². The van der Waals surface area contributed by atoms with E-state index in [1.165, 1.54) is 0 Å². The number of aliphatic hydroxyl groups excluding tert-OH is 1. The first-order valence-corrected chi connectivity index (χ1v) is 10.6. The Bertz CT molecular complexity index is 1110. The van der Waals surface area contributed by atoms with Crippen LogP contribution in [0.2, 0.25) is 0 Å². The number of H-pyrrole nitrogens is 1. The average Bonchev–Trinajstić information content (AvgIpc) is 3.48. The van der Waals surface area contributed by atoms with Gasteiger partial charge in [0.05, 0.1) is 31.8 Å². The molecule has 0 fully saturated rings. The number of benzene rings is 2. The lowest BCUT2D eigenvalue weighted by atomic mass is 9.96. The van der Waals surface area contributed by atoms with Crippen molar-refractivity contribution in [3.05, 3.63) is 47.3 Å². The lowest BCUT2D eigenvalue weighted by molar-refractivity contribution is 0.234. The number of methoxy groups -OCH3 is 1. The Morgan fingerprint density at radius 1 is 1.26 bits per heavy atom. The van der Waals surface area contributed by atoms with Crippen LogP contribution in [0.15, 0.2) is 35.4 Å². The third kappa shape index (κ3) is 3.90. The van der Waals surface area contributed by atoms with Gasteiger partial charge in [0, 0.05) is 31.7 Å². The number of aliphatic hydroxyl groups is 1. The first-order chi connectivity index (χ1) is 15.2. The molecule has 1 aromatic heterocycles. The number of imidazole rings is 1. The van der Waals surface area contributed by atoms with E-state index in [4.69, 9.17) is 24.3 Å². The summed E-state index contributed by atoms with van der Waals surface area (Å²) in [5, 5.41) is 13.3. The van der Waals surface area contributed by atoms with Gasteiger partial charge in [0.15, 0.2) is 0 Å². The van der Waals surface area contributed by atoms with E-state index in [2.05, 4.69) is 21.6 Å². The smallest absolute Gasteiger partial charge is 0.145 e. The highest BCUT2D eigenvalue weighted by Gasteiger charge is 2.26. The maximum Gasteiger partial charge on any atom is 0.145 e. The molecule has 5 rings (SSSR count). The summed E-state index contributed by atoms with van der Waals surface area (Å²) < 4.78 is 17.4. The summed E-state index contributed by atoms with van der Waals surface area (Å²) in [4.78, 5) is 8.39. The van der Waals surface area contributed by atoms with Gasteiger partial charge in [0.1, 0.15) is 28.6 Å². The van der Waals surface area contributed by atoms with Crippen molar-refractivity contribution >= 4 is 17.2 Å². The molecule has 8 nitrogen and oxygen atoms in total. The van der Waals surface area contributed by atoms with E-state index in [-0.39, 0.29) is 18.4 Å². The topological polar surface area (TPSA) is 101 Å². The second kappa shape index (κ2) is 8.47. The summed E-state index contributed by atoms with van der Waals surface area (Å²) in [6, 6.07) is 10.0. The molecular formula is C23H26N4O4. The van der Waals surface area contributed by atoms with E-state index >= 15 is 0 Å². The van der Waals surface area contributed by atoms with Gasteiger partial charge in [0.25, 0.3) is 0 Å². The quantitative estimate of drug-likeness (QED) is 0.506. The molecule has 0 saturated carbocycles. The molecule has 3 aromatic rings. The Balaban J connectivity index is 1.48. The Morgan fingerprint density at radius 2 is 2.19 bits per heavy atom. The maximum atomic E-state index is 9.13. The zero-order valence-electron chi connectivity index (χ0n) is 17.4. The van der Waals surface area contributed by atoms with Crippen LogP contribution >= 0.6 is 0 Å². The van der Waals surface area contributed by atoms with Gasteiger partial charge in [-0.2, -0.15) is 5.10 Å². The van der Waals surface area contributed by atoms with Crippen LogP contribution in [0.3, 0.4) is 0 Å². The minimum atomic E-state index is 0.0958. The Hall–Kier alpha value is -3.26. The van der Waals surface area contributed by atoms with Crippen LogP contribution in [-0.4, -0.2) is 54.8 Å². The summed E-state index contributed by atoms with van der Waals surface area (Å²) in [7, 11) is 1.67. The fourth-order valence-electron chi connectivity index (χ4n) is 4.11. The monoisotopic (exact) mass is 422 g/mol. The fourth-order valence-corrected chi connectivity index (χ4v) is 4.11. The molecule has 2 aliphatic rings. The van der Waals surface area contributed by atoms with Crippen LogP contribution in [0.5, 0.6) is 17.2 Å². The molecule has 0 aliphatic carbocycles. The molecule has 0 spiro atoms. The lowest BCUT2D eigenvalue weighted by Crippen LogP contribution is -2.20. The van der Waals surface area contributed by atoms with Gasteiger partial charge >= 0.3 is 0 Å². The predicted molar refractivity (Wildman–Crippen MR) is 117 cm³/mol. The van der Waals surface area contributed by atoms with Crippen LogP contribution in [0, 0.1) is 0 Å². The molecule has 31 heavy (non-hydrogen) atoms. The first-order valence-electron chi connectivity index (χ1n) is 10.6. The summed E-state index contributed by atoms with van der Waals surface area (Å²) in [5.74, 6) is 3.64.